The van der Waals surface area contributed by atoms with Gasteiger partial charge in [-0.05, 0) is 42.3 Å². The first-order valence-electron chi connectivity index (χ1n) is 7.64. The number of aromatic amines is 1. The molecule has 1 fully saturated rings. The molecule has 21 heavy (non-hydrogen) atoms. The number of aryl methyl sites for hydroxylation is 1. The van der Waals surface area contributed by atoms with E-state index in [0.717, 1.165) is 41.8 Å². The van der Waals surface area contributed by atoms with Crippen LogP contribution in [0.5, 0.6) is 0 Å². The van der Waals surface area contributed by atoms with Crippen molar-refractivity contribution in [3.63, 3.8) is 0 Å². The van der Waals surface area contributed by atoms with E-state index in [4.69, 9.17) is 4.42 Å². The van der Waals surface area contributed by atoms with Crippen molar-refractivity contribution >= 4 is 0 Å². The minimum Gasteiger partial charge on any atom is -0.460 e. The molecule has 114 valence electrons. The van der Waals surface area contributed by atoms with Gasteiger partial charge < -0.3 is 9.73 Å². The van der Waals surface area contributed by atoms with Crippen LogP contribution in [0.4, 0.5) is 0 Å². The highest BCUT2D eigenvalue weighted by Crippen LogP contribution is 2.67. The predicted molar refractivity (Wildman–Crippen MR) is 83.8 cm³/mol. The van der Waals surface area contributed by atoms with E-state index in [1.807, 2.05) is 25.3 Å². The maximum absolute atomic E-state index is 5.68. The lowest BCUT2D eigenvalue weighted by Crippen LogP contribution is -2.19. The van der Waals surface area contributed by atoms with Gasteiger partial charge in [-0.1, -0.05) is 27.7 Å². The molecule has 3 rings (SSSR count). The summed E-state index contributed by atoms with van der Waals surface area (Å²) in [4.78, 5) is 0. The Morgan fingerprint density at radius 3 is 2.52 bits per heavy atom. The lowest BCUT2D eigenvalue weighted by atomic mass is 10.0. The molecule has 0 saturated heterocycles. The highest BCUT2D eigenvalue weighted by Gasteiger charge is 2.63. The molecule has 4 nitrogen and oxygen atoms in total. The quantitative estimate of drug-likeness (QED) is 0.880. The molecule has 0 aromatic carbocycles. The van der Waals surface area contributed by atoms with Crippen LogP contribution in [0.15, 0.2) is 22.7 Å². The van der Waals surface area contributed by atoms with E-state index in [-0.39, 0.29) is 0 Å². The fourth-order valence-corrected chi connectivity index (χ4v) is 3.42. The molecule has 0 radical (unpaired) electrons. The Morgan fingerprint density at radius 2 is 1.95 bits per heavy atom. The van der Waals surface area contributed by atoms with E-state index in [0.29, 0.717) is 10.8 Å². The third-order valence-electron chi connectivity index (χ3n) is 5.69. The first-order chi connectivity index (χ1) is 9.84. The summed E-state index contributed by atoms with van der Waals surface area (Å²) in [6.07, 6.45) is 1.88. The molecule has 0 atom stereocenters. The van der Waals surface area contributed by atoms with Crippen molar-refractivity contribution in [3.8, 4) is 11.5 Å². The van der Waals surface area contributed by atoms with Gasteiger partial charge in [0.2, 0.25) is 0 Å². The standard InChI is InChI=1S/C17H25N3O/c1-11-6-7-13(21-11)15-12(9-19-20-15)8-18-10-14-16(2,3)17(14,4)5/h6-7,9,14,18H,8,10H2,1-5H3,(H,19,20). The van der Waals surface area contributed by atoms with Crippen molar-refractivity contribution in [1.29, 1.82) is 0 Å². The van der Waals surface area contributed by atoms with Crippen LogP contribution < -0.4 is 5.32 Å². The van der Waals surface area contributed by atoms with Crippen molar-refractivity contribution in [1.82, 2.24) is 15.5 Å². The minimum absolute atomic E-state index is 0.428. The molecule has 1 aliphatic carbocycles. The van der Waals surface area contributed by atoms with Crippen LogP contribution >= 0.6 is 0 Å². The van der Waals surface area contributed by atoms with Gasteiger partial charge in [0.05, 0.1) is 6.20 Å². The van der Waals surface area contributed by atoms with E-state index in [2.05, 4.69) is 43.2 Å². The second-order valence-electron chi connectivity index (χ2n) is 7.31. The Labute approximate surface area is 126 Å². The van der Waals surface area contributed by atoms with Gasteiger partial charge in [0.1, 0.15) is 11.5 Å². The molecular weight excluding hydrogens is 262 g/mol. The van der Waals surface area contributed by atoms with E-state index in [1.165, 1.54) is 0 Å². The van der Waals surface area contributed by atoms with Crippen molar-refractivity contribution in [2.45, 2.75) is 41.2 Å². The molecule has 2 aromatic rings. The van der Waals surface area contributed by atoms with Crippen molar-refractivity contribution in [3.05, 3.63) is 29.7 Å². The summed E-state index contributed by atoms with van der Waals surface area (Å²) in [6.45, 7) is 13.2. The average Bonchev–Trinajstić information content (AvgIpc) is 2.89. The summed E-state index contributed by atoms with van der Waals surface area (Å²) < 4.78 is 5.68. The smallest absolute Gasteiger partial charge is 0.152 e. The third-order valence-corrected chi connectivity index (χ3v) is 5.69. The topological polar surface area (TPSA) is 53.9 Å². The number of furan rings is 1. The van der Waals surface area contributed by atoms with Crippen LogP contribution in [0, 0.1) is 23.7 Å². The monoisotopic (exact) mass is 287 g/mol. The molecule has 0 bridgehead atoms. The van der Waals surface area contributed by atoms with Crippen molar-refractivity contribution in [2.75, 3.05) is 6.54 Å². The number of H-pyrrole nitrogens is 1. The second kappa shape index (κ2) is 4.73. The summed E-state index contributed by atoms with van der Waals surface area (Å²) in [6, 6.07) is 3.96. The predicted octanol–water partition coefficient (Wildman–Crippen LogP) is 3.75. The Hall–Kier alpha value is -1.55. The number of nitrogens with zero attached hydrogens (tertiary/aromatic N) is 1. The Morgan fingerprint density at radius 1 is 1.24 bits per heavy atom. The van der Waals surface area contributed by atoms with Gasteiger partial charge in [0.15, 0.2) is 5.76 Å². The summed E-state index contributed by atoms with van der Waals surface area (Å²) >= 11 is 0. The summed E-state index contributed by atoms with van der Waals surface area (Å²) in [5.74, 6) is 2.50. The Kier molecular flexibility index (Phi) is 3.24. The van der Waals surface area contributed by atoms with Gasteiger partial charge in [-0.3, -0.25) is 5.10 Å². The number of nitrogens with one attached hydrogen (secondary N) is 2. The second-order valence-corrected chi connectivity index (χ2v) is 7.31. The molecule has 2 aromatic heterocycles. The number of rotatable bonds is 5. The molecule has 0 aliphatic heterocycles. The lowest BCUT2D eigenvalue weighted by Gasteiger charge is -2.06. The molecule has 2 heterocycles. The van der Waals surface area contributed by atoms with E-state index >= 15 is 0 Å². The van der Waals surface area contributed by atoms with Gasteiger partial charge >= 0.3 is 0 Å². The molecule has 1 saturated carbocycles. The largest absolute Gasteiger partial charge is 0.460 e. The zero-order valence-electron chi connectivity index (χ0n) is 13.6. The summed E-state index contributed by atoms with van der Waals surface area (Å²) in [5, 5.41) is 10.8. The fraction of sp³-hybridized carbons (Fsp3) is 0.588. The van der Waals surface area contributed by atoms with E-state index < -0.39 is 0 Å². The summed E-state index contributed by atoms with van der Waals surface area (Å²) in [5.41, 5.74) is 2.99. The molecule has 2 N–H and O–H groups in total. The van der Waals surface area contributed by atoms with Gasteiger partial charge in [-0.25, -0.2) is 0 Å². The van der Waals surface area contributed by atoms with Crippen LogP contribution in [0.1, 0.15) is 39.0 Å². The number of aromatic nitrogens is 2. The Balaban J connectivity index is 1.62. The lowest BCUT2D eigenvalue weighted by molar-refractivity contribution is 0.457. The number of hydrogen-bond acceptors (Lipinski definition) is 3. The number of hydrogen-bond donors (Lipinski definition) is 2. The fourth-order valence-electron chi connectivity index (χ4n) is 3.42. The van der Waals surface area contributed by atoms with Gasteiger partial charge in [-0.15, -0.1) is 0 Å². The third kappa shape index (κ3) is 2.31. The maximum Gasteiger partial charge on any atom is 0.152 e. The molecule has 1 aliphatic rings. The van der Waals surface area contributed by atoms with Crippen molar-refractivity contribution in [2.24, 2.45) is 16.7 Å². The highest BCUT2D eigenvalue weighted by atomic mass is 16.3. The Bertz CT molecular complexity index is 622. The first kappa shape index (κ1) is 14.4. The molecule has 0 unspecified atom stereocenters. The molecule has 4 heteroatoms. The van der Waals surface area contributed by atoms with Crippen LogP contribution in [0.3, 0.4) is 0 Å². The molecule has 0 amide bonds. The van der Waals surface area contributed by atoms with Gasteiger partial charge in [0, 0.05) is 12.1 Å². The van der Waals surface area contributed by atoms with Crippen molar-refractivity contribution < 1.29 is 4.42 Å². The van der Waals surface area contributed by atoms with Gasteiger partial charge in [-0.2, -0.15) is 5.10 Å². The molecular formula is C17H25N3O. The van der Waals surface area contributed by atoms with Crippen LogP contribution in [-0.2, 0) is 6.54 Å². The van der Waals surface area contributed by atoms with Crippen LogP contribution in [0.25, 0.3) is 11.5 Å². The average molecular weight is 287 g/mol. The zero-order chi connectivity index (χ0) is 15.3. The minimum atomic E-state index is 0.428. The van der Waals surface area contributed by atoms with Crippen LogP contribution in [0.2, 0.25) is 0 Å². The normalized spacial score (nSPS) is 19.9. The van der Waals surface area contributed by atoms with Crippen LogP contribution in [-0.4, -0.2) is 16.7 Å². The van der Waals surface area contributed by atoms with Gasteiger partial charge in [0.25, 0.3) is 0 Å². The van der Waals surface area contributed by atoms with E-state index in [9.17, 15) is 0 Å². The highest BCUT2D eigenvalue weighted by molar-refractivity contribution is 5.56. The van der Waals surface area contributed by atoms with E-state index in [1.54, 1.807) is 0 Å². The first-order valence-corrected chi connectivity index (χ1v) is 7.64. The SMILES string of the molecule is Cc1ccc(-c2[nH]ncc2CNCC2C(C)(C)C2(C)C)o1. The molecule has 0 spiro atoms. The maximum atomic E-state index is 5.68. The summed E-state index contributed by atoms with van der Waals surface area (Å²) in [7, 11) is 0. The zero-order valence-corrected chi connectivity index (χ0v) is 13.6.